The lowest BCUT2D eigenvalue weighted by molar-refractivity contribution is -0.143. The van der Waals surface area contributed by atoms with E-state index in [1.54, 1.807) is 13.2 Å². The number of amides is 1. The first kappa shape index (κ1) is 22.6. The third kappa shape index (κ3) is 5.97. The number of carbonyl (C=O) groups is 2. The number of carbonyl (C=O) groups excluding carboxylic acids is 2. The van der Waals surface area contributed by atoms with E-state index in [4.69, 9.17) is 9.47 Å². The molecule has 0 saturated heterocycles. The molecular weight excluding hydrogens is 390 g/mol. The molecule has 1 fully saturated rings. The summed E-state index contributed by atoms with van der Waals surface area (Å²) in [6.07, 6.45) is 5.00. The summed E-state index contributed by atoms with van der Waals surface area (Å²) in [5, 5.41) is 3.05. The smallest absolute Gasteiger partial charge is 0.339 e. The van der Waals surface area contributed by atoms with Crippen molar-refractivity contribution in [3.05, 3.63) is 65.7 Å². The number of hydrogen-bond acceptors (Lipinski definition) is 4. The van der Waals surface area contributed by atoms with Crippen LogP contribution in [0.4, 0.5) is 0 Å². The van der Waals surface area contributed by atoms with Crippen LogP contribution in [0.2, 0.25) is 0 Å². The van der Waals surface area contributed by atoms with Gasteiger partial charge in [-0.25, -0.2) is 4.79 Å². The lowest BCUT2D eigenvalue weighted by Gasteiger charge is -2.34. The van der Waals surface area contributed by atoms with Gasteiger partial charge < -0.3 is 14.8 Å². The summed E-state index contributed by atoms with van der Waals surface area (Å²) in [6.45, 7) is 4.09. The van der Waals surface area contributed by atoms with Gasteiger partial charge in [0.15, 0.2) is 6.61 Å². The number of benzene rings is 2. The van der Waals surface area contributed by atoms with Crippen LogP contribution < -0.4 is 10.1 Å². The largest absolute Gasteiger partial charge is 0.496 e. The Morgan fingerprint density at radius 3 is 2.48 bits per heavy atom. The molecule has 0 radical (unpaired) electrons. The van der Waals surface area contributed by atoms with Crippen LogP contribution in [0.15, 0.2) is 54.6 Å². The van der Waals surface area contributed by atoms with Crippen molar-refractivity contribution < 1.29 is 19.1 Å². The normalized spacial score (nSPS) is 21.3. The van der Waals surface area contributed by atoms with Crippen molar-refractivity contribution in [2.75, 3.05) is 13.7 Å². The molecule has 0 spiro atoms. The van der Waals surface area contributed by atoms with E-state index >= 15 is 0 Å². The second-order valence-corrected chi connectivity index (χ2v) is 8.18. The summed E-state index contributed by atoms with van der Waals surface area (Å²) in [4.78, 5) is 25.4. The Morgan fingerprint density at radius 2 is 1.74 bits per heavy atom. The first-order valence-electron chi connectivity index (χ1n) is 10.9. The van der Waals surface area contributed by atoms with Crippen LogP contribution in [-0.2, 0) is 14.3 Å². The van der Waals surface area contributed by atoms with Gasteiger partial charge in [0.05, 0.1) is 12.7 Å². The summed E-state index contributed by atoms with van der Waals surface area (Å²) < 4.78 is 10.8. The number of para-hydroxylation sites is 1. The molecule has 1 N–H and O–H groups in total. The molecule has 0 heterocycles. The van der Waals surface area contributed by atoms with Crippen molar-refractivity contribution >= 4 is 23.5 Å². The molecule has 0 aliphatic heterocycles. The predicted octanol–water partition coefficient (Wildman–Crippen LogP) is 4.72. The summed E-state index contributed by atoms with van der Waals surface area (Å²) in [6, 6.07) is 16.9. The maximum Gasteiger partial charge on any atom is 0.339 e. The third-order valence-electron chi connectivity index (χ3n) is 6.13. The molecule has 164 valence electrons. The molecule has 31 heavy (non-hydrogen) atoms. The molecule has 3 rings (SSSR count). The topological polar surface area (TPSA) is 64.6 Å². The lowest BCUT2D eigenvalue weighted by atomic mass is 9.78. The highest BCUT2D eigenvalue weighted by Crippen LogP contribution is 2.29. The average Bonchev–Trinajstić information content (AvgIpc) is 2.79. The molecule has 3 atom stereocenters. The zero-order valence-electron chi connectivity index (χ0n) is 18.5. The van der Waals surface area contributed by atoms with Crippen LogP contribution in [0.25, 0.3) is 11.6 Å². The van der Waals surface area contributed by atoms with Gasteiger partial charge in [0, 0.05) is 11.6 Å². The molecule has 1 amide bonds. The number of hydrogen-bond donors (Lipinski definition) is 1. The van der Waals surface area contributed by atoms with Crippen molar-refractivity contribution in [1.82, 2.24) is 5.32 Å². The van der Waals surface area contributed by atoms with Gasteiger partial charge in [-0.15, -0.1) is 0 Å². The first-order valence-corrected chi connectivity index (χ1v) is 10.9. The Labute approximate surface area is 184 Å². The van der Waals surface area contributed by atoms with E-state index in [-0.39, 0.29) is 18.6 Å². The van der Waals surface area contributed by atoms with E-state index in [2.05, 4.69) is 19.2 Å². The van der Waals surface area contributed by atoms with E-state index < -0.39 is 5.97 Å². The quantitative estimate of drug-likeness (QED) is 0.399. The van der Waals surface area contributed by atoms with Crippen LogP contribution in [0.1, 0.15) is 44.2 Å². The maximum absolute atomic E-state index is 12.9. The van der Waals surface area contributed by atoms with Gasteiger partial charge in [-0.05, 0) is 36.0 Å². The van der Waals surface area contributed by atoms with Gasteiger partial charge in [0.2, 0.25) is 0 Å². The van der Waals surface area contributed by atoms with Gasteiger partial charge in [-0.2, -0.15) is 0 Å². The van der Waals surface area contributed by atoms with E-state index in [0.29, 0.717) is 28.7 Å². The molecule has 0 bridgehead atoms. The molecule has 2 aromatic carbocycles. The second-order valence-electron chi connectivity index (χ2n) is 8.18. The Kier molecular flexibility index (Phi) is 7.88. The zero-order chi connectivity index (χ0) is 22.2. The molecular formula is C26H31NO4. The summed E-state index contributed by atoms with van der Waals surface area (Å²) in [5.41, 5.74) is 1.85. The van der Waals surface area contributed by atoms with Gasteiger partial charge in [-0.1, -0.05) is 75.2 Å². The monoisotopic (exact) mass is 421 g/mol. The fourth-order valence-corrected chi connectivity index (χ4v) is 4.06. The van der Waals surface area contributed by atoms with Crippen LogP contribution in [-0.4, -0.2) is 31.6 Å². The SMILES string of the molecule is COc1ccccc1/C=C(/C(=O)OCC(=O)N[C@H]1CCC[C@H](C)[C@H]1C)c1ccccc1. The number of nitrogens with one attached hydrogen (secondary N) is 1. The maximum atomic E-state index is 12.9. The van der Waals surface area contributed by atoms with Crippen molar-refractivity contribution in [1.29, 1.82) is 0 Å². The molecule has 0 aromatic heterocycles. The Balaban J connectivity index is 1.72. The summed E-state index contributed by atoms with van der Waals surface area (Å²) in [7, 11) is 1.59. The fourth-order valence-electron chi connectivity index (χ4n) is 4.06. The van der Waals surface area contributed by atoms with Crippen molar-refractivity contribution in [3.63, 3.8) is 0 Å². The molecule has 5 nitrogen and oxygen atoms in total. The highest BCUT2D eigenvalue weighted by molar-refractivity contribution is 6.22. The van der Waals surface area contributed by atoms with E-state index in [9.17, 15) is 9.59 Å². The Morgan fingerprint density at radius 1 is 1.03 bits per heavy atom. The lowest BCUT2D eigenvalue weighted by Crippen LogP contribution is -2.45. The second kappa shape index (κ2) is 10.8. The Hall–Kier alpha value is -3.08. The average molecular weight is 422 g/mol. The Bertz CT molecular complexity index is 922. The summed E-state index contributed by atoms with van der Waals surface area (Å²) in [5.74, 6) is 0.844. The molecule has 5 heteroatoms. The van der Waals surface area contributed by atoms with E-state index in [1.165, 1.54) is 6.42 Å². The molecule has 2 aromatic rings. The van der Waals surface area contributed by atoms with Gasteiger partial charge in [-0.3, -0.25) is 4.79 Å². The van der Waals surface area contributed by atoms with Crippen molar-refractivity contribution in [3.8, 4) is 5.75 Å². The van der Waals surface area contributed by atoms with E-state index in [1.807, 2.05) is 54.6 Å². The number of ether oxygens (including phenoxy) is 2. The molecule has 0 unspecified atom stereocenters. The van der Waals surface area contributed by atoms with Crippen LogP contribution in [0.5, 0.6) is 5.75 Å². The van der Waals surface area contributed by atoms with Gasteiger partial charge in [0.25, 0.3) is 5.91 Å². The molecule has 1 aliphatic rings. The predicted molar refractivity (Wildman–Crippen MR) is 122 cm³/mol. The minimum Gasteiger partial charge on any atom is -0.496 e. The van der Waals surface area contributed by atoms with Crippen molar-refractivity contribution in [2.45, 2.75) is 39.2 Å². The van der Waals surface area contributed by atoms with Crippen LogP contribution in [0.3, 0.4) is 0 Å². The zero-order valence-corrected chi connectivity index (χ0v) is 18.5. The first-order chi connectivity index (χ1) is 15.0. The summed E-state index contributed by atoms with van der Waals surface area (Å²) >= 11 is 0. The van der Waals surface area contributed by atoms with E-state index in [0.717, 1.165) is 18.4 Å². The van der Waals surface area contributed by atoms with Gasteiger partial charge >= 0.3 is 5.97 Å². The van der Waals surface area contributed by atoms with Crippen LogP contribution >= 0.6 is 0 Å². The molecule has 1 saturated carbocycles. The van der Waals surface area contributed by atoms with Gasteiger partial charge in [0.1, 0.15) is 5.75 Å². The fraction of sp³-hybridized carbons (Fsp3) is 0.385. The minimum atomic E-state index is -0.544. The minimum absolute atomic E-state index is 0.132. The molecule has 1 aliphatic carbocycles. The van der Waals surface area contributed by atoms with Crippen molar-refractivity contribution in [2.24, 2.45) is 11.8 Å². The highest BCUT2D eigenvalue weighted by Gasteiger charge is 2.28. The van der Waals surface area contributed by atoms with Crippen LogP contribution in [0, 0.1) is 11.8 Å². The standard InChI is InChI=1S/C26H31NO4/c1-18-10-9-14-23(19(18)2)27-25(28)17-31-26(29)22(20-11-5-4-6-12-20)16-21-13-7-8-15-24(21)30-3/h4-8,11-13,15-16,18-19,23H,9-10,14,17H2,1-3H3,(H,27,28)/b22-16+/t18-,19+,23-/m0/s1. The third-order valence-corrected chi connectivity index (χ3v) is 6.13. The highest BCUT2D eigenvalue weighted by atomic mass is 16.5. The number of rotatable bonds is 7. The number of esters is 1. The number of methoxy groups -OCH3 is 1.